The minimum absolute atomic E-state index is 0.0615. The molecule has 0 spiro atoms. The Hall–Kier alpha value is -1.46. The molecular formula is C19H29N3OS. The lowest BCUT2D eigenvalue weighted by atomic mass is 9.99. The van der Waals surface area contributed by atoms with Crippen LogP contribution >= 0.6 is 11.3 Å². The molecule has 2 rings (SSSR count). The van der Waals surface area contributed by atoms with Gasteiger partial charge in [0.1, 0.15) is 0 Å². The van der Waals surface area contributed by atoms with Crippen LogP contribution in [0.2, 0.25) is 0 Å². The third-order valence-corrected chi connectivity index (χ3v) is 5.70. The van der Waals surface area contributed by atoms with Crippen molar-refractivity contribution >= 4 is 27.5 Å². The van der Waals surface area contributed by atoms with E-state index in [4.69, 9.17) is 5.73 Å². The summed E-state index contributed by atoms with van der Waals surface area (Å²) in [6.07, 6.45) is 2.15. The van der Waals surface area contributed by atoms with Gasteiger partial charge in [0.05, 0.1) is 15.2 Å². The second kappa shape index (κ2) is 8.58. The number of rotatable bonds is 8. The van der Waals surface area contributed by atoms with Gasteiger partial charge in [-0.05, 0) is 29.5 Å². The van der Waals surface area contributed by atoms with E-state index in [2.05, 4.69) is 56.2 Å². The van der Waals surface area contributed by atoms with Crippen molar-refractivity contribution in [2.75, 3.05) is 6.54 Å². The summed E-state index contributed by atoms with van der Waals surface area (Å²) < 4.78 is 1.20. The van der Waals surface area contributed by atoms with Gasteiger partial charge in [-0.2, -0.15) is 0 Å². The average molecular weight is 348 g/mol. The molecule has 2 unspecified atom stereocenters. The standard InChI is InChI=1S/C19H29N3OS/c1-5-13(4)16(11-20)21-18(23)8-9-19-22-15-7-6-14(12(2)3)10-17(15)24-19/h6-7,10,12-13,16H,5,8-9,11,20H2,1-4H3,(H,21,23). The SMILES string of the molecule is CCC(C)C(CN)NC(=O)CCc1nc2ccc(C(C)C)cc2s1. The van der Waals surface area contributed by atoms with Gasteiger partial charge in [-0.15, -0.1) is 11.3 Å². The molecule has 0 aliphatic carbocycles. The summed E-state index contributed by atoms with van der Waals surface area (Å²) in [6, 6.07) is 6.50. The topological polar surface area (TPSA) is 68.0 Å². The normalized spacial score (nSPS) is 14.1. The molecule has 0 aliphatic rings. The quantitative estimate of drug-likeness (QED) is 0.762. The van der Waals surface area contributed by atoms with E-state index in [0.717, 1.165) is 16.9 Å². The van der Waals surface area contributed by atoms with Crippen LogP contribution in [0.1, 0.15) is 57.0 Å². The molecule has 3 N–H and O–H groups in total. The Bertz CT molecular complexity index is 680. The number of nitrogens with zero attached hydrogens (tertiary/aromatic N) is 1. The number of nitrogens with two attached hydrogens (primary N) is 1. The number of benzene rings is 1. The second-order valence-corrected chi connectivity index (χ2v) is 7.90. The highest BCUT2D eigenvalue weighted by Gasteiger charge is 2.17. The molecule has 132 valence electrons. The van der Waals surface area contributed by atoms with Crippen LogP contribution in [0.5, 0.6) is 0 Å². The number of carbonyl (C=O) groups is 1. The van der Waals surface area contributed by atoms with Crippen LogP contribution in [0.3, 0.4) is 0 Å². The molecule has 1 aromatic carbocycles. The molecule has 0 saturated heterocycles. The van der Waals surface area contributed by atoms with E-state index in [1.165, 1.54) is 10.3 Å². The maximum absolute atomic E-state index is 12.2. The van der Waals surface area contributed by atoms with Gasteiger partial charge in [-0.1, -0.05) is 40.2 Å². The first-order chi connectivity index (χ1) is 11.4. The Morgan fingerprint density at radius 2 is 2.08 bits per heavy atom. The molecular weight excluding hydrogens is 318 g/mol. The van der Waals surface area contributed by atoms with Crippen molar-refractivity contribution in [2.45, 2.75) is 58.9 Å². The summed E-state index contributed by atoms with van der Waals surface area (Å²) in [7, 11) is 0. The summed E-state index contributed by atoms with van der Waals surface area (Å²) in [5.74, 6) is 0.975. The van der Waals surface area contributed by atoms with Gasteiger partial charge in [0, 0.05) is 25.4 Å². The smallest absolute Gasteiger partial charge is 0.220 e. The molecule has 0 bridgehead atoms. The van der Waals surface area contributed by atoms with Crippen molar-refractivity contribution in [1.82, 2.24) is 10.3 Å². The van der Waals surface area contributed by atoms with Crippen molar-refractivity contribution in [3.63, 3.8) is 0 Å². The Labute approximate surface area is 148 Å². The molecule has 1 heterocycles. The van der Waals surface area contributed by atoms with Crippen LogP contribution in [0.15, 0.2) is 18.2 Å². The minimum Gasteiger partial charge on any atom is -0.352 e. The Morgan fingerprint density at radius 3 is 2.71 bits per heavy atom. The van der Waals surface area contributed by atoms with E-state index in [-0.39, 0.29) is 11.9 Å². The minimum atomic E-state index is 0.0615. The van der Waals surface area contributed by atoms with Gasteiger partial charge < -0.3 is 11.1 Å². The third kappa shape index (κ3) is 4.77. The first kappa shape index (κ1) is 18.9. The van der Waals surface area contributed by atoms with Gasteiger partial charge >= 0.3 is 0 Å². The summed E-state index contributed by atoms with van der Waals surface area (Å²) in [5.41, 5.74) is 8.12. The van der Waals surface area contributed by atoms with Crippen LogP contribution in [0.4, 0.5) is 0 Å². The highest BCUT2D eigenvalue weighted by molar-refractivity contribution is 7.18. The highest BCUT2D eigenvalue weighted by atomic mass is 32.1. The van der Waals surface area contributed by atoms with Gasteiger partial charge in [0.25, 0.3) is 0 Å². The molecule has 0 saturated carbocycles. The lowest BCUT2D eigenvalue weighted by molar-refractivity contribution is -0.122. The maximum Gasteiger partial charge on any atom is 0.220 e. The van der Waals surface area contributed by atoms with Gasteiger partial charge in [-0.3, -0.25) is 4.79 Å². The predicted molar refractivity (Wildman–Crippen MR) is 102 cm³/mol. The number of carbonyl (C=O) groups excluding carboxylic acids is 1. The van der Waals surface area contributed by atoms with Gasteiger partial charge in [0.15, 0.2) is 0 Å². The van der Waals surface area contributed by atoms with Crippen LogP contribution in [-0.2, 0) is 11.2 Å². The zero-order valence-electron chi connectivity index (χ0n) is 15.1. The number of amides is 1. The number of hydrogen-bond acceptors (Lipinski definition) is 4. The zero-order chi connectivity index (χ0) is 17.7. The molecule has 0 aliphatic heterocycles. The number of aryl methyl sites for hydroxylation is 1. The van der Waals surface area contributed by atoms with Crippen molar-refractivity contribution in [2.24, 2.45) is 11.7 Å². The largest absolute Gasteiger partial charge is 0.352 e. The predicted octanol–water partition coefficient (Wildman–Crippen LogP) is 3.84. The van der Waals surface area contributed by atoms with Crippen molar-refractivity contribution in [3.8, 4) is 0 Å². The number of hydrogen-bond donors (Lipinski definition) is 2. The van der Waals surface area contributed by atoms with E-state index in [1.807, 2.05) is 0 Å². The van der Waals surface area contributed by atoms with Crippen LogP contribution in [0, 0.1) is 5.92 Å². The Morgan fingerprint density at radius 1 is 1.33 bits per heavy atom. The summed E-state index contributed by atoms with van der Waals surface area (Å²) in [6.45, 7) is 9.11. The van der Waals surface area contributed by atoms with Crippen molar-refractivity contribution < 1.29 is 4.79 Å². The summed E-state index contributed by atoms with van der Waals surface area (Å²) >= 11 is 1.69. The van der Waals surface area contributed by atoms with Crippen molar-refractivity contribution in [1.29, 1.82) is 0 Å². The lowest BCUT2D eigenvalue weighted by Gasteiger charge is -2.22. The number of thiazole rings is 1. The molecule has 2 aromatic rings. The molecule has 2 atom stereocenters. The first-order valence-electron chi connectivity index (χ1n) is 8.83. The molecule has 1 aromatic heterocycles. The lowest BCUT2D eigenvalue weighted by Crippen LogP contribution is -2.44. The van der Waals surface area contributed by atoms with E-state index in [0.29, 0.717) is 31.2 Å². The van der Waals surface area contributed by atoms with Crippen LogP contribution in [-0.4, -0.2) is 23.5 Å². The first-order valence-corrected chi connectivity index (χ1v) is 9.65. The van der Waals surface area contributed by atoms with E-state index in [1.54, 1.807) is 11.3 Å². The third-order valence-electron chi connectivity index (χ3n) is 4.62. The highest BCUT2D eigenvalue weighted by Crippen LogP contribution is 2.26. The molecule has 5 heteroatoms. The number of aromatic nitrogens is 1. The zero-order valence-corrected chi connectivity index (χ0v) is 16.0. The molecule has 0 radical (unpaired) electrons. The fourth-order valence-corrected chi connectivity index (χ4v) is 3.69. The fraction of sp³-hybridized carbons (Fsp3) is 0.579. The monoisotopic (exact) mass is 347 g/mol. The number of nitrogens with one attached hydrogen (secondary N) is 1. The van der Waals surface area contributed by atoms with Crippen molar-refractivity contribution in [3.05, 3.63) is 28.8 Å². The van der Waals surface area contributed by atoms with Crippen LogP contribution in [0.25, 0.3) is 10.2 Å². The summed E-state index contributed by atoms with van der Waals surface area (Å²) in [4.78, 5) is 16.8. The molecule has 4 nitrogen and oxygen atoms in total. The summed E-state index contributed by atoms with van der Waals surface area (Å²) in [5, 5.41) is 4.08. The number of fused-ring (bicyclic) bond motifs is 1. The van der Waals surface area contributed by atoms with E-state index < -0.39 is 0 Å². The Kier molecular flexibility index (Phi) is 6.75. The second-order valence-electron chi connectivity index (χ2n) is 6.78. The molecule has 1 amide bonds. The fourth-order valence-electron chi connectivity index (χ4n) is 2.67. The average Bonchev–Trinajstić information content (AvgIpc) is 2.99. The van der Waals surface area contributed by atoms with E-state index in [9.17, 15) is 4.79 Å². The van der Waals surface area contributed by atoms with Gasteiger partial charge in [-0.25, -0.2) is 4.98 Å². The van der Waals surface area contributed by atoms with E-state index >= 15 is 0 Å². The van der Waals surface area contributed by atoms with Gasteiger partial charge in [0.2, 0.25) is 5.91 Å². The van der Waals surface area contributed by atoms with Crippen LogP contribution < -0.4 is 11.1 Å². The molecule has 24 heavy (non-hydrogen) atoms. The maximum atomic E-state index is 12.2. The Balaban J connectivity index is 1.96. The molecule has 0 fully saturated rings.